The Kier molecular flexibility index (Phi) is 10.1. The van der Waals surface area contributed by atoms with Crippen molar-refractivity contribution in [3.05, 3.63) is 306 Å². The van der Waals surface area contributed by atoms with Gasteiger partial charge in [0.05, 0.1) is 22.5 Å². The van der Waals surface area contributed by atoms with Gasteiger partial charge >= 0.3 is 0 Å². The molecule has 0 N–H and O–H groups in total. The normalized spacial score (nSPS) is 13.4. The number of fused-ring (bicyclic) bond motifs is 6. The summed E-state index contributed by atoms with van der Waals surface area (Å²) in [5.74, 6) is 0. The Morgan fingerprint density at radius 3 is 1.30 bits per heavy atom. The lowest BCUT2D eigenvalue weighted by Gasteiger charge is -2.35. The van der Waals surface area contributed by atoms with E-state index in [-0.39, 0.29) is 5.41 Å². The predicted octanol–water partition coefficient (Wildman–Crippen LogP) is 18.5. The number of hydrogen-bond donors (Lipinski definition) is 0. The van der Waals surface area contributed by atoms with Crippen LogP contribution in [0.3, 0.4) is 0 Å². The van der Waals surface area contributed by atoms with Crippen molar-refractivity contribution in [2.75, 3.05) is 4.90 Å². The van der Waals surface area contributed by atoms with E-state index in [0.29, 0.717) is 0 Å². The van der Waals surface area contributed by atoms with E-state index >= 15 is 0 Å². The molecule has 0 unspecified atom stereocenters. The van der Waals surface area contributed by atoms with Crippen LogP contribution in [0.25, 0.3) is 66.8 Å². The highest BCUT2D eigenvalue weighted by atomic mass is 15.2. The van der Waals surface area contributed by atoms with Crippen molar-refractivity contribution in [1.82, 2.24) is 0 Å². The topological polar surface area (TPSA) is 3.24 Å². The molecule has 0 bridgehead atoms. The number of nitrogens with zero attached hydrogens (tertiary/aromatic N) is 1. The maximum atomic E-state index is 2.62. The summed E-state index contributed by atoms with van der Waals surface area (Å²) in [5.41, 5.74) is 24.8. The third kappa shape index (κ3) is 6.54. The predicted molar refractivity (Wildman–Crippen MR) is 298 cm³/mol. The molecule has 2 aliphatic carbocycles. The summed E-state index contributed by atoms with van der Waals surface area (Å²) < 4.78 is 0. The zero-order chi connectivity index (χ0) is 47.5. The zero-order valence-electron chi connectivity index (χ0n) is 39.9. The standard InChI is InChI=1S/C70H51N/c1-69(2)60-42-20-17-35-54(60)57-40-23-41-58(68(57)69)55-36-19-22-45-63(55)71(64-46-24-39-53(49-28-9-4-10-29-49)66(64)56-37-16-15-34-52(56)48-26-7-3-8-27-48)65-47-25-44-62-67(65)59-38-18-21-43-61(59)70(62,50-30-11-5-12-31-50)51-32-13-6-14-33-51/h3-47H,1-2H3. The van der Waals surface area contributed by atoms with E-state index in [1.165, 1.54) is 94.6 Å². The van der Waals surface area contributed by atoms with E-state index in [0.717, 1.165) is 22.6 Å². The van der Waals surface area contributed by atoms with E-state index in [2.05, 4.69) is 292 Å². The third-order valence-electron chi connectivity index (χ3n) is 15.4. The maximum absolute atomic E-state index is 2.62. The van der Waals surface area contributed by atoms with Gasteiger partial charge in [-0.25, -0.2) is 0 Å². The fourth-order valence-electron chi connectivity index (χ4n) is 12.5. The molecule has 2 aliphatic rings. The number of hydrogen-bond acceptors (Lipinski definition) is 1. The smallest absolute Gasteiger partial charge is 0.0714 e. The van der Waals surface area contributed by atoms with Crippen LogP contribution in [0, 0.1) is 0 Å². The van der Waals surface area contributed by atoms with Crippen LogP contribution >= 0.6 is 0 Å². The molecular weight excluding hydrogens is 855 g/mol. The monoisotopic (exact) mass is 905 g/mol. The van der Waals surface area contributed by atoms with E-state index in [1.807, 2.05) is 0 Å². The van der Waals surface area contributed by atoms with Gasteiger partial charge in [0, 0.05) is 22.1 Å². The molecule has 0 fully saturated rings. The molecule has 0 aromatic heterocycles. The average Bonchev–Trinajstić information content (AvgIpc) is 3.88. The van der Waals surface area contributed by atoms with Crippen LogP contribution in [0.2, 0.25) is 0 Å². The molecule has 0 spiro atoms. The Hall–Kier alpha value is -8.78. The second-order valence-electron chi connectivity index (χ2n) is 19.5. The van der Waals surface area contributed by atoms with Crippen molar-refractivity contribution in [2.24, 2.45) is 0 Å². The highest BCUT2D eigenvalue weighted by Crippen LogP contribution is 2.61. The van der Waals surface area contributed by atoms with Crippen LogP contribution in [0.15, 0.2) is 273 Å². The molecule has 11 aromatic carbocycles. The van der Waals surface area contributed by atoms with Gasteiger partial charge in [-0.1, -0.05) is 269 Å². The van der Waals surface area contributed by atoms with Gasteiger partial charge in [0.2, 0.25) is 0 Å². The van der Waals surface area contributed by atoms with Crippen LogP contribution in [0.5, 0.6) is 0 Å². The van der Waals surface area contributed by atoms with Crippen molar-refractivity contribution < 1.29 is 0 Å². The summed E-state index contributed by atoms with van der Waals surface area (Å²) in [5, 5.41) is 0. The van der Waals surface area contributed by atoms with E-state index in [9.17, 15) is 0 Å². The molecule has 1 nitrogen and oxygen atoms in total. The Labute approximate surface area is 417 Å². The molecule has 336 valence electrons. The van der Waals surface area contributed by atoms with Crippen LogP contribution in [0.4, 0.5) is 17.1 Å². The highest BCUT2D eigenvalue weighted by molar-refractivity contribution is 6.06. The molecule has 13 rings (SSSR count). The molecule has 71 heavy (non-hydrogen) atoms. The molecular formula is C70H51N. The minimum Gasteiger partial charge on any atom is -0.309 e. The summed E-state index contributed by atoms with van der Waals surface area (Å²) >= 11 is 0. The van der Waals surface area contributed by atoms with E-state index in [4.69, 9.17) is 0 Å². The fourth-order valence-corrected chi connectivity index (χ4v) is 12.5. The molecule has 11 aromatic rings. The second-order valence-corrected chi connectivity index (χ2v) is 19.5. The number of para-hydroxylation sites is 1. The van der Waals surface area contributed by atoms with Gasteiger partial charge in [-0.15, -0.1) is 0 Å². The summed E-state index contributed by atoms with van der Waals surface area (Å²) in [6.45, 7) is 4.80. The Bertz CT molecular complexity index is 3740. The summed E-state index contributed by atoms with van der Waals surface area (Å²) in [6.07, 6.45) is 0. The first-order chi connectivity index (χ1) is 35.0. The highest BCUT2D eigenvalue weighted by Gasteiger charge is 2.48. The van der Waals surface area contributed by atoms with Gasteiger partial charge in [-0.05, 0) is 102 Å². The van der Waals surface area contributed by atoms with Crippen LogP contribution in [-0.4, -0.2) is 0 Å². The minimum atomic E-state index is -0.583. The van der Waals surface area contributed by atoms with Gasteiger partial charge in [0.25, 0.3) is 0 Å². The molecule has 0 saturated heterocycles. The third-order valence-corrected chi connectivity index (χ3v) is 15.4. The molecule has 1 heteroatoms. The average molecular weight is 906 g/mol. The lowest BCUT2D eigenvalue weighted by atomic mass is 9.68. The van der Waals surface area contributed by atoms with Crippen LogP contribution in [0.1, 0.15) is 47.2 Å². The molecule has 0 radical (unpaired) electrons. The first-order valence-electron chi connectivity index (χ1n) is 24.9. The number of rotatable bonds is 9. The van der Waals surface area contributed by atoms with E-state index < -0.39 is 5.41 Å². The van der Waals surface area contributed by atoms with Gasteiger partial charge in [0.1, 0.15) is 0 Å². The largest absolute Gasteiger partial charge is 0.309 e. The van der Waals surface area contributed by atoms with Crippen LogP contribution < -0.4 is 4.90 Å². The van der Waals surface area contributed by atoms with Crippen LogP contribution in [-0.2, 0) is 10.8 Å². The number of anilines is 3. The summed E-state index contributed by atoms with van der Waals surface area (Å²) in [7, 11) is 0. The Morgan fingerprint density at radius 1 is 0.254 bits per heavy atom. The van der Waals surface area contributed by atoms with Gasteiger partial charge in [-0.3, -0.25) is 0 Å². The Balaban J connectivity index is 1.18. The second kappa shape index (κ2) is 17.0. The van der Waals surface area contributed by atoms with Crippen molar-refractivity contribution in [1.29, 1.82) is 0 Å². The van der Waals surface area contributed by atoms with Crippen molar-refractivity contribution in [2.45, 2.75) is 24.7 Å². The first kappa shape index (κ1) is 42.3. The summed E-state index contributed by atoms with van der Waals surface area (Å²) in [4.78, 5) is 2.62. The SMILES string of the molecule is CC1(C)c2ccccc2-c2cccc(-c3ccccc3N(c3cccc(-c4ccccc4)c3-c3ccccc3-c3ccccc3)c3cccc4c3-c3ccccc3C4(c3ccccc3)c3ccccc3)c21. The minimum absolute atomic E-state index is 0.231. The molecule has 0 atom stereocenters. The maximum Gasteiger partial charge on any atom is 0.0714 e. The molecule has 0 amide bonds. The lowest BCUT2D eigenvalue weighted by Crippen LogP contribution is -2.28. The summed E-state index contributed by atoms with van der Waals surface area (Å²) in [6, 6.07) is 101. The molecule has 0 aliphatic heterocycles. The van der Waals surface area contributed by atoms with Gasteiger partial charge < -0.3 is 4.90 Å². The van der Waals surface area contributed by atoms with Crippen molar-refractivity contribution >= 4 is 17.1 Å². The quantitative estimate of drug-likeness (QED) is 0.139. The van der Waals surface area contributed by atoms with E-state index in [1.54, 1.807) is 0 Å². The zero-order valence-corrected chi connectivity index (χ0v) is 39.9. The first-order valence-corrected chi connectivity index (χ1v) is 24.9. The number of benzene rings is 11. The molecule has 0 saturated carbocycles. The lowest BCUT2D eigenvalue weighted by molar-refractivity contribution is 0.662. The van der Waals surface area contributed by atoms with Gasteiger partial charge in [-0.2, -0.15) is 0 Å². The van der Waals surface area contributed by atoms with Crippen molar-refractivity contribution in [3.63, 3.8) is 0 Å². The Morgan fingerprint density at radius 2 is 0.648 bits per heavy atom. The van der Waals surface area contributed by atoms with Gasteiger partial charge in [0.15, 0.2) is 0 Å². The molecule has 0 heterocycles. The van der Waals surface area contributed by atoms with Crippen molar-refractivity contribution in [3.8, 4) is 66.8 Å². The fraction of sp³-hybridized carbons (Fsp3) is 0.0571.